The van der Waals surface area contributed by atoms with Crippen LogP contribution in [0.2, 0.25) is 0 Å². The summed E-state index contributed by atoms with van der Waals surface area (Å²) in [5.74, 6) is 0. The van der Waals surface area contributed by atoms with Gasteiger partial charge in [0.2, 0.25) is 0 Å². The Morgan fingerprint density at radius 3 is 2.71 bits per heavy atom. The lowest BCUT2D eigenvalue weighted by Gasteiger charge is -2.18. The van der Waals surface area contributed by atoms with Crippen molar-refractivity contribution in [2.45, 2.75) is 45.7 Å². The fourth-order valence-corrected chi connectivity index (χ4v) is 3.04. The van der Waals surface area contributed by atoms with Gasteiger partial charge in [0.1, 0.15) is 0 Å². The minimum absolute atomic E-state index is 0.466. The summed E-state index contributed by atoms with van der Waals surface area (Å²) in [6.07, 6.45) is 2.49. The van der Waals surface area contributed by atoms with Crippen LogP contribution in [-0.4, -0.2) is 6.04 Å². The van der Waals surface area contributed by atoms with E-state index in [1.165, 1.54) is 22.2 Å². The Morgan fingerprint density at radius 2 is 2.21 bits per heavy atom. The second-order valence-electron chi connectivity index (χ2n) is 3.75. The van der Waals surface area contributed by atoms with Gasteiger partial charge in [-0.1, -0.05) is 13.3 Å². The molecule has 0 amide bonds. The zero-order valence-corrected chi connectivity index (χ0v) is 11.4. The number of nitrogens with one attached hydrogen (secondary N) is 1. The Morgan fingerprint density at radius 1 is 1.50 bits per heavy atom. The van der Waals surface area contributed by atoms with E-state index in [-0.39, 0.29) is 0 Å². The number of thiophene rings is 1. The van der Waals surface area contributed by atoms with Gasteiger partial charge in [0.15, 0.2) is 0 Å². The van der Waals surface area contributed by atoms with E-state index >= 15 is 0 Å². The van der Waals surface area contributed by atoms with Gasteiger partial charge in [0.05, 0.1) is 0 Å². The standard InChI is InChI=1S/C11H18BrNS/c1-4-5-8(2)13-9(3)11-6-10(12)7-14-11/h6-9,13H,4-5H2,1-3H3. The SMILES string of the molecule is CCCC(C)NC(C)c1cc(Br)cs1. The highest BCUT2D eigenvalue weighted by molar-refractivity contribution is 9.10. The Balaban J connectivity index is 2.45. The third-order valence-corrected chi connectivity index (χ3v) is 4.15. The second kappa shape index (κ2) is 5.89. The van der Waals surface area contributed by atoms with E-state index in [1.54, 1.807) is 0 Å². The normalized spacial score (nSPS) is 15.4. The lowest BCUT2D eigenvalue weighted by atomic mass is 10.1. The molecule has 0 bridgehead atoms. The van der Waals surface area contributed by atoms with E-state index in [2.05, 4.69) is 53.5 Å². The topological polar surface area (TPSA) is 12.0 Å². The zero-order valence-electron chi connectivity index (χ0n) is 9.01. The van der Waals surface area contributed by atoms with Crippen LogP contribution in [-0.2, 0) is 0 Å². The lowest BCUT2D eigenvalue weighted by molar-refractivity contribution is 0.456. The summed E-state index contributed by atoms with van der Waals surface area (Å²) in [5.41, 5.74) is 0. The first kappa shape index (κ1) is 12.2. The predicted molar refractivity (Wildman–Crippen MR) is 67.9 cm³/mol. The molecule has 1 nitrogen and oxygen atoms in total. The first-order valence-corrected chi connectivity index (χ1v) is 6.80. The average molecular weight is 276 g/mol. The highest BCUT2D eigenvalue weighted by atomic mass is 79.9. The third-order valence-electron chi connectivity index (χ3n) is 2.27. The van der Waals surface area contributed by atoms with Crippen molar-refractivity contribution in [3.05, 3.63) is 20.8 Å². The molecule has 2 atom stereocenters. The molecule has 0 aliphatic heterocycles. The van der Waals surface area contributed by atoms with E-state index in [0.717, 1.165) is 0 Å². The van der Waals surface area contributed by atoms with Gasteiger partial charge in [-0.15, -0.1) is 11.3 Å². The molecular weight excluding hydrogens is 258 g/mol. The van der Waals surface area contributed by atoms with Gasteiger partial charge in [-0.2, -0.15) is 0 Å². The number of halogens is 1. The number of hydrogen-bond donors (Lipinski definition) is 1. The van der Waals surface area contributed by atoms with Crippen LogP contribution in [0.25, 0.3) is 0 Å². The van der Waals surface area contributed by atoms with Crippen LogP contribution in [0.4, 0.5) is 0 Å². The second-order valence-corrected chi connectivity index (χ2v) is 5.60. The van der Waals surface area contributed by atoms with Crippen molar-refractivity contribution in [1.82, 2.24) is 5.32 Å². The molecule has 0 saturated carbocycles. The largest absolute Gasteiger partial charge is 0.307 e. The molecule has 0 spiro atoms. The Hall–Kier alpha value is 0.140. The summed E-state index contributed by atoms with van der Waals surface area (Å²) in [7, 11) is 0. The van der Waals surface area contributed by atoms with Gasteiger partial charge in [-0.3, -0.25) is 0 Å². The molecule has 0 fully saturated rings. The molecule has 1 aromatic rings. The maximum Gasteiger partial charge on any atom is 0.0388 e. The minimum Gasteiger partial charge on any atom is -0.307 e. The highest BCUT2D eigenvalue weighted by Crippen LogP contribution is 2.25. The fourth-order valence-electron chi connectivity index (χ4n) is 1.58. The summed E-state index contributed by atoms with van der Waals surface area (Å²) < 4.78 is 1.19. The van der Waals surface area contributed by atoms with Crippen LogP contribution in [0, 0.1) is 0 Å². The molecule has 80 valence electrons. The molecule has 3 heteroatoms. The Kier molecular flexibility index (Phi) is 5.13. The van der Waals surface area contributed by atoms with Crippen LogP contribution in [0.15, 0.2) is 15.9 Å². The summed E-state index contributed by atoms with van der Waals surface area (Å²) in [5, 5.41) is 5.74. The average Bonchev–Trinajstić information content (AvgIpc) is 2.52. The van der Waals surface area contributed by atoms with Crippen molar-refractivity contribution in [1.29, 1.82) is 0 Å². The maximum atomic E-state index is 3.60. The van der Waals surface area contributed by atoms with Crippen LogP contribution >= 0.6 is 27.3 Å². The zero-order chi connectivity index (χ0) is 10.6. The van der Waals surface area contributed by atoms with Gasteiger partial charge in [-0.05, 0) is 42.3 Å². The molecule has 0 aliphatic rings. The van der Waals surface area contributed by atoms with Crippen molar-refractivity contribution in [2.24, 2.45) is 0 Å². The molecule has 0 aliphatic carbocycles. The molecule has 1 aromatic heterocycles. The summed E-state index contributed by atoms with van der Waals surface area (Å²) in [6, 6.07) is 3.27. The molecule has 0 aromatic carbocycles. The van der Waals surface area contributed by atoms with E-state index in [0.29, 0.717) is 12.1 Å². The fraction of sp³-hybridized carbons (Fsp3) is 0.636. The minimum atomic E-state index is 0.466. The smallest absolute Gasteiger partial charge is 0.0388 e. The van der Waals surface area contributed by atoms with Gasteiger partial charge in [-0.25, -0.2) is 0 Å². The van der Waals surface area contributed by atoms with E-state index < -0.39 is 0 Å². The quantitative estimate of drug-likeness (QED) is 0.843. The number of hydrogen-bond acceptors (Lipinski definition) is 2. The van der Waals surface area contributed by atoms with Crippen LogP contribution < -0.4 is 5.32 Å². The third kappa shape index (κ3) is 3.71. The molecule has 0 saturated heterocycles. The van der Waals surface area contributed by atoms with Gasteiger partial charge < -0.3 is 5.32 Å². The summed E-state index contributed by atoms with van der Waals surface area (Å²) >= 11 is 5.29. The van der Waals surface area contributed by atoms with Crippen molar-refractivity contribution >= 4 is 27.3 Å². The van der Waals surface area contributed by atoms with Crippen LogP contribution in [0.3, 0.4) is 0 Å². The van der Waals surface area contributed by atoms with Crippen LogP contribution in [0.1, 0.15) is 44.5 Å². The lowest BCUT2D eigenvalue weighted by Crippen LogP contribution is -2.28. The molecule has 1 rings (SSSR count). The molecular formula is C11H18BrNS. The van der Waals surface area contributed by atoms with E-state index in [1.807, 2.05) is 11.3 Å². The summed E-state index contributed by atoms with van der Waals surface area (Å²) in [6.45, 7) is 6.71. The van der Waals surface area contributed by atoms with Crippen molar-refractivity contribution < 1.29 is 0 Å². The van der Waals surface area contributed by atoms with Gasteiger partial charge in [0, 0.05) is 26.8 Å². The van der Waals surface area contributed by atoms with Crippen molar-refractivity contribution in [3.63, 3.8) is 0 Å². The highest BCUT2D eigenvalue weighted by Gasteiger charge is 2.10. The molecule has 14 heavy (non-hydrogen) atoms. The molecule has 1 heterocycles. The first-order valence-electron chi connectivity index (χ1n) is 5.13. The molecule has 2 unspecified atom stereocenters. The predicted octanol–water partition coefficient (Wildman–Crippen LogP) is 4.35. The monoisotopic (exact) mass is 275 g/mol. The first-order chi connectivity index (χ1) is 6.63. The Bertz CT molecular complexity index is 272. The number of rotatable bonds is 5. The summed E-state index contributed by atoms with van der Waals surface area (Å²) in [4.78, 5) is 1.40. The van der Waals surface area contributed by atoms with Gasteiger partial charge >= 0.3 is 0 Å². The van der Waals surface area contributed by atoms with Crippen molar-refractivity contribution in [2.75, 3.05) is 0 Å². The molecule has 0 radical (unpaired) electrons. The van der Waals surface area contributed by atoms with E-state index in [4.69, 9.17) is 0 Å². The maximum absolute atomic E-state index is 3.60. The van der Waals surface area contributed by atoms with Gasteiger partial charge in [0.25, 0.3) is 0 Å². The Labute approximate surface area is 99.0 Å². The van der Waals surface area contributed by atoms with E-state index in [9.17, 15) is 0 Å². The van der Waals surface area contributed by atoms with Crippen LogP contribution in [0.5, 0.6) is 0 Å². The molecule has 1 N–H and O–H groups in total. The van der Waals surface area contributed by atoms with Crippen molar-refractivity contribution in [3.8, 4) is 0 Å².